The molecule has 1 heterocycles. The van der Waals surface area contributed by atoms with E-state index >= 15 is 0 Å². The molecule has 54 valence electrons. The van der Waals surface area contributed by atoms with E-state index < -0.39 is 0 Å². The summed E-state index contributed by atoms with van der Waals surface area (Å²) < 4.78 is 0. The lowest BCUT2D eigenvalue weighted by Gasteiger charge is -2.05. The van der Waals surface area contributed by atoms with Crippen molar-refractivity contribution in [2.75, 3.05) is 0 Å². The second kappa shape index (κ2) is 3.15. The number of nitrogens with one attached hydrogen (secondary N) is 1. The average molecular weight is 137 g/mol. The monoisotopic (exact) mass is 137 g/mol. The van der Waals surface area contributed by atoms with Gasteiger partial charge in [0.15, 0.2) is 0 Å². The number of nitrogens with zero attached hydrogens (tertiary/aromatic N) is 2. The number of rotatable bonds is 2. The predicted octanol–water partition coefficient (Wildman–Crippen LogP) is 1.46. The van der Waals surface area contributed by atoms with Crippen molar-refractivity contribution in [1.82, 2.24) is 5.43 Å². The molecule has 3 heteroatoms. The SMILES string of the molecule is C=CC1NN=NC1/C=C\C. The Labute approximate surface area is 60.5 Å². The van der Waals surface area contributed by atoms with Gasteiger partial charge in [0.1, 0.15) is 6.04 Å². The molecule has 0 aromatic carbocycles. The molecule has 1 aliphatic heterocycles. The molecular formula is C7H11N3. The van der Waals surface area contributed by atoms with E-state index in [1.807, 2.05) is 25.2 Å². The van der Waals surface area contributed by atoms with Gasteiger partial charge in [-0.25, -0.2) is 0 Å². The van der Waals surface area contributed by atoms with E-state index in [0.29, 0.717) is 0 Å². The first-order valence-corrected chi connectivity index (χ1v) is 3.29. The maximum absolute atomic E-state index is 3.93. The predicted molar refractivity (Wildman–Crippen MR) is 40.6 cm³/mol. The van der Waals surface area contributed by atoms with Crippen molar-refractivity contribution < 1.29 is 0 Å². The Balaban J connectivity index is 2.56. The lowest BCUT2D eigenvalue weighted by atomic mass is 10.1. The summed E-state index contributed by atoms with van der Waals surface area (Å²) >= 11 is 0. The van der Waals surface area contributed by atoms with Crippen molar-refractivity contribution >= 4 is 0 Å². The smallest absolute Gasteiger partial charge is 0.116 e. The van der Waals surface area contributed by atoms with Crippen molar-refractivity contribution in [2.45, 2.75) is 19.0 Å². The molecule has 0 bridgehead atoms. The molecule has 0 saturated carbocycles. The molecule has 0 aliphatic carbocycles. The largest absolute Gasteiger partial charge is 0.282 e. The molecule has 0 aromatic rings. The highest BCUT2D eigenvalue weighted by atomic mass is 15.5. The molecule has 2 atom stereocenters. The van der Waals surface area contributed by atoms with Crippen molar-refractivity contribution in [3.05, 3.63) is 24.8 Å². The lowest BCUT2D eigenvalue weighted by molar-refractivity contribution is 0.665. The summed E-state index contributed by atoms with van der Waals surface area (Å²) in [6.07, 6.45) is 5.77. The first-order chi connectivity index (χ1) is 4.88. The highest BCUT2D eigenvalue weighted by Crippen LogP contribution is 2.08. The third-order valence-corrected chi connectivity index (χ3v) is 1.41. The molecular weight excluding hydrogens is 126 g/mol. The Kier molecular flexibility index (Phi) is 2.20. The lowest BCUT2D eigenvalue weighted by Crippen LogP contribution is -2.26. The van der Waals surface area contributed by atoms with Crippen LogP contribution < -0.4 is 5.43 Å². The number of hydrogen-bond acceptors (Lipinski definition) is 3. The minimum absolute atomic E-state index is 0.141. The van der Waals surface area contributed by atoms with Crippen molar-refractivity contribution in [3.8, 4) is 0 Å². The van der Waals surface area contributed by atoms with Crippen LogP contribution in [0.15, 0.2) is 35.1 Å². The fourth-order valence-corrected chi connectivity index (χ4v) is 0.862. The van der Waals surface area contributed by atoms with Crippen molar-refractivity contribution in [1.29, 1.82) is 0 Å². The van der Waals surface area contributed by atoms with Gasteiger partial charge in [0.25, 0.3) is 0 Å². The highest BCUT2D eigenvalue weighted by Gasteiger charge is 2.18. The van der Waals surface area contributed by atoms with E-state index in [9.17, 15) is 0 Å². The topological polar surface area (TPSA) is 36.8 Å². The van der Waals surface area contributed by atoms with E-state index in [1.165, 1.54) is 0 Å². The molecule has 10 heavy (non-hydrogen) atoms. The van der Waals surface area contributed by atoms with Crippen LogP contribution in [-0.4, -0.2) is 12.1 Å². The molecule has 0 saturated heterocycles. The average Bonchev–Trinajstić information content (AvgIpc) is 2.36. The van der Waals surface area contributed by atoms with Crippen LogP contribution in [0.3, 0.4) is 0 Å². The van der Waals surface area contributed by atoms with E-state index in [-0.39, 0.29) is 12.1 Å². The van der Waals surface area contributed by atoms with Gasteiger partial charge in [-0.2, -0.15) is 5.11 Å². The third kappa shape index (κ3) is 1.23. The Morgan fingerprint density at radius 1 is 1.60 bits per heavy atom. The Morgan fingerprint density at radius 2 is 2.40 bits per heavy atom. The van der Waals surface area contributed by atoms with Crippen LogP contribution in [0, 0.1) is 0 Å². The number of allylic oxidation sites excluding steroid dienone is 1. The van der Waals surface area contributed by atoms with Gasteiger partial charge in [0.05, 0.1) is 6.04 Å². The maximum Gasteiger partial charge on any atom is 0.116 e. The first kappa shape index (κ1) is 6.99. The molecule has 0 radical (unpaired) electrons. The zero-order chi connectivity index (χ0) is 7.40. The maximum atomic E-state index is 3.93. The van der Waals surface area contributed by atoms with Crippen LogP contribution in [0.5, 0.6) is 0 Å². The molecule has 3 nitrogen and oxygen atoms in total. The zero-order valence-corrected chi connectivity index (χ0v) is 5.99. The molecule has 0 spiro atoms. The van der Waals surface area contributed by atoms with Gasteiger partial charge in [-0.1, -0.05) is 23.5 Å². The summed E-state index contributed by atoms with van der Waals surface area (Å²) in [6.45, 7) is 5.63. The summed E-state index contributed by atoms with van der Waals surface area (Å²) in [7, 11) is 0. The van der Waals surface area contributed by atoms with Gasteiger partial charge < -0.3 is 0 Å². The molecule has 0 amide bonds. The van der Waals surface area contributed by atoms with E-state index in [4.69, 9.17) is 0 Å². The summed E-state index contributed by atoms with van der Waals surface area (Å²) in [4.78, 5) is 0. The summed E-state index contributed by atoms with van der Waals surface area (Å²) in [5, 5.41) is 7.62. The summed E-state index contributed by atoms with van der Waals surface area (Å²) in [5.41, 5.74) is 2.83. The van der Waals surface area contributed by atoms with Gasteiger partial charge >= 0.3 is 0 Å². The molecule has 0 fully saturated rings. The van der Waals surface area contributed by atoms with Crippen LogP contribution in [-0.2, 0) is 0 Å². The highest BCUT2D eigenvalue weighted by molar-refractivity contribution is 5.06. The minimum atomic E-state index is 0.141. The fourth-order valence-electron chi connectivity index (χ4n) is 0.862. The first-order valence-electron chi connectivity index (χ1n) is 3.29. The minimum Gasteiger partial charge on any atom is -0.282 e. The molecule has 0 aromatic heterocycles. The molecule has 1 aliphatic rings. The van der Waals surface area contributed by atoms with Crippen molar-refractivity contribution in [2.24, 2.45) is 10.3 Å². The standard InChI is InChI=1S/C7H11N3/c1-3-5-7-6(4-2)8-10-9-7/h3-7H,2H2,1H3,(H,8,9)/b5-3-. The third-order valence-electron chi connectivity index (χ3n) is 1.41. The summed E-state index contributed by atoms with van der Waals surface area (Å²) in [5.74, 6) is 0. The zero-order valence-electron chi connectivity index (χ0n) is 5.99. The quantitative estimate of drug-likeness (QED) is 0.575. The molecule has 2 unspecified atom stereocenters. The van der Waals surface area contributed by atoms with E-state index in [2.05, 4.69) is 22.3 Å². The Morgan fingerprint density at radius 3 is 3.00 bits per heavy atom. The van der Waals surface area contributed by atoms with Gasteiger partial charge in [0, 0.05) is 0 Å². The Bertz CT molecular complexity index is 172. The fraction of sp³-hybridized carbons (Fsp3) is 0.429. The van der Waals surface area contributed by atoms with E-state index in [0.717, 1.165) is 0 Å². The van der Waals surface area contributed by atoms with Crippen LogP contribution in [0.4, 0.5) is 0 Å². The molecule has 1 N–H and O–H groups in total. The molecule has 1 rings (SSSR count). The number of hydrogen-bond donors (Lipinski definition) is 1. The van der Waals surface area contributed by atoms with Crippen LogP contribution >= 0.6 is 0 Å². The van der Waals surface area contributed by atoms with Crippen LogP contribution in [0.1, 0.15) is 6.92 Å². The van der Waals surface area contributed by atoms with Crippen LogP contribution in [0.2, 0.25) is 0 Å². The van der Waals surface area contributed by atoms with E-state index in [1.54, 1.807) is 0 Å². The second-order valence-electron chi connectivity index (χ2n) is 2.12. The second-order valence-corrected chi connectivity index (χ2v) is 2.12. The van der Waals surface area contributed by atoms with Crippen molar-refractivity contribution in [3.63, 3.8) is 0 Å². The van der Waals surface area contributed by atoms with Gasteiger partial charge in [-0.3, -0.25) is 5.43 Å². The Hall–Kier alpha value is -1.12. The normalized spacial score (nSPS) is 30.9. The van der Waals surface area contributed by atoms with Gasteiger partial charge in [-0.05, 0) is 6.92 Å². The van der Waals surface area contributed by atoms with Gasteiger partial charge in [-0.15, -0.1) is 6.58 Å². The summed E-state index contributed by atoms with van der Waals surface area (Å²) in [6, 6.07) is 0.318. The van der Waals surface area contributed by atoms with Crippen LogP contribution in [0.25, 0.3) is 0 Å². The van der Waals surface area contributed by atoms with Gasteiger partial charge in [0.2, 0.25) is 0 Å².